The number of furan rings is 1. The SMILES string of the molecule is CC(NC(=O)OC(C)(C)C)c1cccc(-c2cc(/C=C/c3ccco3)cc(COc3ccccc3CC(=O)O)c2)c1F. The number of carbonyl (C=O) groups excluding carboxylic acids is 1. The second-order valence-electron chi connectivity index (χ2n) is 10.9. The molecule has 4 rings (SSSR count). The van der Waals surface area contributed by atoms with E-state index in [1.54, 1.807) is 82.5 Å². The number of amides is 1. The quantitative estimate of drug-likeness (QED) is 0.200. The molecule has 1 unspecified atom stereocenters. The lowest BCUT2D eigenvalue weighted by Gasteiger charge is -2.22. The Balaban J connectivity index is 1.66. The zero-order valence-electron chi connectivity index (χ0n) is 24.0. The monoisotopic (exact) mass is 571 g/mol. The number of hydrogen-bond donors (Lipinski definition) is 2. The smallest absolute Gasteiger partial charge is 0.408 e. The van der Waals surface area contributed by atoms with Crippen molar-refractivity contribution in [2.75, 3.05) is 0 Å². The molecule has 42 heavy (non-hydrogen) atoms. The van der Waals surface area contributed by atoms with Crippen LogP contribution in [0.4, 0.5) is 9.18 Å². The Morgan fingerprint density at radius 2 is 1.81 bits per heavy atom. The van der Waals surface area contributed by atoms with Crippen LogP contribution in [0.15, 0.2) is 83.5 Å². The number of carbonyl (C=O) groups is 2. The minimum absolute atomic E-state index is 0.129. The van der Waals surface area contributed by atoms with Crippen LogP contribution in [0.2, 0.25) is 0 Å². The lowest BCUT2D eigenvalue weighted by atomic mass is 9.96. The van der Waals surface area contributed by atoms with E-state index in [4.69, 9.17) is 13.9 Å². The van der Waals surface area contributed by atoms with Gasteiger partial charge >= 0.3 is 12.1 Å². The number of nitrogens with one attached hydrogen (secondary N) is 1. The number of hydrogen-bond acceptors (Lipinski definition) is 5. The summed E-state index contributed by atoms with van der Waals surface area (Å²) in [6, 6.07) is 20.6. The molecule has 1 heterocycles. The molecule has 0 saturated carbocycles. The Morgan fingerprint density at radius 1 is 1.02 bits per heavy atom. The van der Waals surface area contributed by atoms with Crippen LogP contribution in [0.3, 0.4) is 0 Å². The molecular weight excluding hydrogens is 537 g/mol. The topological polar surface area (TPSA) is 98.0 Å². The zero-order valence-corrected chi connectivity index (χ0v) is 24.0. The van der Waals surface area contributed by atoms with Crippen molar-refractivity contribution < 1.29 is 33.0 Å². The highest BCUT2D eigenvalue weighted by Gasteiger charge is 2.21. The summed E-state index contributed by atoms with van der Waals surface area (Å²) in [7, 11) is 0. The van der Waals surface area contributed by atoms with Crippen molar-refractivity contribution in [1.29, 1.82) is 0 Å². The van der Waals surface area contributed by atoms with Gasteiger partial charge in [-0.15, -0.1) is 0 Å². The molecule has 0 aliphatic rings. The third-order valence-corrected chi connectivity index (χ3v) is 6.25. The van der Waals surface area contributed by atoms with Crippen LogP contribution < -0.4 is 10.1 Å². The number of halogens is 1. The second-order valence-corrected chi connectivity index (χ2v) is 10.9. The molecule has 218 valence electrons. The van der Waals surface area contributed by atoms with E-state index in [0.29, 0.717) is 33.8 Å². The maximum absolute atomic E-state index is 16.0. The fourth-order valence-electron chi connectivity index (χ4n) is 4.40. The molecular formula is C34H34FNO6. The molecule has 7 nitrogen and oxygen atoms in total. The van der Waals surface area contributed by atoms with Gasteiger partial charge in [0, 0.05) is 16.7 Å². The number of carboxylic acid groups (broad SMARTS) is 1. The molecule has 0 aliphatic carbocycles. The molecule has 0 aliphatic heterocycles. The Hall–Kier alpha value is -4.85. The zero-order chi connectivity index (χ0) is 30.3. The molecule has 2 N–H and O–H groups in total. The number of rotatable bonds is 10. The summed E-state index contributed by atoms with van der Waals surface area (Å²) in [6.07, 6.45) is 4.45. The number of aliphatic carboxylic acids is 1. The van der Waals surface area contributed by atoms with E-state index in [1.807, 2.05) is 36.4 Å². The van der Waals surface area contributed by atoms with Crippen LogP contribution in [-0.4, -0.2) is 22.8 Å². The highest BCUT2D eigenvalue weighted by Crippen LogP contribution is 2.31. The van der Waals surface area contributed by atoms with E-state index in [2.05, 4.69) is 5.32 Å². The van der Waals surface area contributed by atoms with Gasteiger partial charge in [0.25, 0.3) is 0 Å². The lowest BCUT2D eigenvalue weighted by molar-refractivity contribution is -0.136. The third-order valence-electron chi connectivity index (χ3n) is 6.25. The second kappa shape index (κ2) is 13.2. The van der Waals surface area contributed by atoms with Crippen LogP contribution in [0.25, 0.3) is 23.3 Å². The van der Waals surface area contributed by atoms with E-state index in [1.165, 1.54) is 0 Å². The van der Waals surface area contributed by atoms with Gasteiger partial charge in [0.2, 0.25) is 0 Å². The Morgan fingerprint density at radius 3 is 2.52 bits per heavy atom. The van der Waals surface area contributed by atoms with Crippen LogP contribution in [0, 0.1) is 5.82 Å². The minimum atomic E-state index is -0.954. The molecule has 1 aromatic heterocycles. The van der Waals surface area contributed by atoms with Gasteiger partial charge in [0.05, 0.1) is 18.7 Å². The van der Waals surface area contributed by atoms with Crippen molar-refractivity contribution in [2.45, 2.75) is 52.4 Å². The summed E-state index contributed by atoms with van der Waals surface area (Å²) in [5.41, 5.74) is 2.69. The summed E-state index contributed by atoms with van der Waals surface area (Å²) in [5.74, 6) is -0.291. The normalized spacial score (nSPS) is 12.2. The van der Waals surface area contributed by atoms with Gasteiger partial charge in [0.15, 0.2) is 0 Å². The summed E-state index contributed by atoms with van der Waals surface area (Å²) >= 11 is 0. The molecule has 3 aromatic carbocycles. The summed E-state index contributed by atoms with van der Waals surface area (Å²) < 4.78 is 32.8. The number of benzene rings is 3. The first-order valence-corrected chi connectivity index (χ1v) is 13.5. The van der Waals surface area contributed by atoms with Gasteiger partial charge in [-0.2, -0.15) is 0 Å². The van der Waals surface area contributed by atoms with Crippen LogP contribution in [0.1, 0.15) is 61.8 Å². The summed E-state index contributed by atoms with van der Waals surface area (Å²) in [5, 5.41) is 12.0. The Bertz CT molecular complexity index is 1570. The largest absolute Gasteiger partial charge is 0.489 e. The molecule has 4 aromatic rings. The van der Waals surface area contributed by atoms with Crippen LogP contribution >= 0.6 is 0 Å². The number of alkyl carbamates (subject to hydrolysis) is 1. The van der Waals surface area contributed by atoms with Crippen LogP contribution in [-0.2, 0) is 22.6 Å². The molecule has 8 heteroatoms. The molecule has 0 fully saturated rings. The van der Waals surface area contributed by atoms with Gasteiger partial charge in [0.1, 0.15) is 29.5 Å². The van der Waals surface area contributed by atoms with E-state index >= 15 is 4.39 Å². The van der Waals surface area contributed by atoms with E-state index < -0.39 is 29.5 Å². The first-order chi connectivity index (χ1) is 20.0. The number of ether oxygens (including phenoxy) is 2. The average molecular weight is 572 g/mol. The summed E-state index contributed by atoms with van der Waals surface area (Å²) in [6.45, 7) is 7.11. The molecule has 0 spiro atoms. The van der Waals surface area contributed by atoms with E-state index in [-0.39, 0.29) is 13.0 Å². The van der Waals surface area contributed by atoms with Crippen LogP contribution in [0.5, 0.6) is 5.75 Å². The van der Waals surface area contributed by atoms with Crippen molar-refractivity contribution >= 4 is 24.2 Å². The van der Waals surface area contributed by atoms with E-state index in [9.17, 15) is 14.7 Å². The summed E-state index contributed by atoms with van der Waals surface area (Å²) in [4.78, 5) is 23.6. The van der Waals surface area contributed by atoms with Gasteiger partial charge < -0.3 is 24.3 Å². The van der Waals surface area contributed by atoms with Gasteiger partial charge in [-0.3, -0.25) is 4.79 Å². The first-order valence-electron chi connectivity index (χ1n) is 13.5. The van der Waals surface area contributed by atoms with Crippen molar-refractivity contribution in [1.82, 2.24) is 5.32 Å². The van der Waals surface area contributed by atoms with E-state index in [0.717, 1.165) is 11.1 Å². The minimum Gasteiger partial charge on any atom is -0.489 e. The Labute approximate surface area is 244 Å². The van der Waals surface area contributed by atoms with Gasteiger partial charge in [-0.05, 0) is 86.9 Å². The van der Waals surface area contributed by atoms with Gasteiger partial charge in [-0.25, -0.2) is 9.18 Å². The average Bonchev–Trinajstić information content (AvgIpc) is 3.44. The predicted octanol–water partition coefficient (Wildman–Crippen LogP) is 8.05. The Kier molecular flexibility index (Phi) is 9.47. The maximum Gasteiger partial charge on any atom is 0.408 e. The fourth-order valence-corrected chi connectivity index (χ4v) is 4.40. The standard InChI is InChI=1S/C34H34FNO6/c1-22(36-33(39)42-34(2,3)4)28-11-7-12-29(32(28)35)26-18-23(14-15-27-10-8-16-40-27)17-24(19-26)21-41-30-13-6-5-9-25(30)20-31(37)38/h5-19,22H,20-21H2,1-4H3,(H,36,39)(H,37,38)/b15-14+. The molecule has 1 amide bonds. The molecule has 0 radical (unpaired) electrons. The number of carboxylic acids is 1. The fraction of sp³-hybridized carbons (Fsp3) is 0.235. The maximum atomic E-state index is 16.0. The highest BCUT2D eigenvalue weighted by molar-refractivity contribution is 5.75. The van der Waals surface area contributed by atoms with Gasteiger partial charge in [-0.1, -0.05) is 42.5 Å². The number of para-hydroxylation sites is 1. The van der Waals surface area contributed by atoms with Crippen molar-refractivity contribution in [3.63, 3.8) is 0 Å². The predicted molar refractivity (Wildman–Crippen MR) is 159 cm³/mol. The third kappa shape index (κ3) is 8.33. The molecule has 0 saturated heterocycles. The molecule has 0 bridgehead atoms. The lowest BCUT2D eigenvalue weighted by Crippen LogP contribution is -2.34. The van der Waals surface area contributed by atoms with Crippen molar-refractivity contribution in [3.8, 4) is 16.9 Å². The van der Waals surface area contributed by atoms with Crippen molar-refractivity contribution in [3.05, 3.63) is 113 Å². The van der Waals surface area contributed by atoms with Crippen molar-refractivity contribution in [2.24, 2.45) is 0 Å². The first kappa shape index (κ1) is 30.1. The molecule has 1 atom stereocenters. The highest BCUT2D eigenvalue weighted by atomic mass is 19.1.